The van der Waals surface area contributed by atoms with Crippen LogP contribution in [0.3, 0.4) is 0 Å². The Morgan fingerprint density at radius 3 is 2.67 bits per heavy atom. The Bertz CT molecular complexity index is 944. The van der Waals surface area contributed by atoms with Crippen LogP contribution in [0.1, 0.15) is 23.2 Å². The molecule has 0 unspecified atom stereocenters. The predicted molar refractivity (Wildman–Crippen MR) is 101 cm³/mol. The van der Waals surface area contributed by atoms with Crippen molar-refractivity contribution >= 4 is 11.5 Å². The fourth-order valence-electron chi connectivity index (χ4n) is 3.43. The topological polar surface area (TPSA) is 69.0 Å². The minimum atomic E-state index is -0.401. The van der Waals surface area contributed by atoms with Gasteiger partial charge in [0.25, 0.3) is 0 Å². The summed E-state index contributed by atoms with van der Waals surface area (Å²) in [5.74, 6) is 0.107. The molecule has 4 heterocycles. The summed E-state index contributed by atoms with van der Waals surface area (Å²) in [5.41, 5.74) is 2.61. The van der Waals surface area contributed by atoms with E-state index < -0.39 is 5.97 Å². The molecule has 0 N–H and O–H groups in total. The van der Waals surface area contributed by atoms with Crippen LogP contribution in [-0.4, -0.2) is 58.8 Å². The van der Waals surface area contributed by atoms with Gasteiger partial charge >= 0.3 is 5.97 Å². The number of carbonyl (C=O) groups excluding carboxylic acids is 1. The molecule has 0 atom stereocenters. The zero-order chi connectivity index (χ0) is 18.8. The molecular formula is C20H22N4O3. The Hall–Kier alpha value is -2.93. The lowest BCUT2D eigenvalue weighted by Gasteiger charge is -2.28. The van der Waals surface area contributed by atoms with Crippen molar-refractivity contribution in [2.75, 3.05) is 27.2 Å². The number of carbonyl (C=O) groups is 1. The number of piperidine rings is 1. The maximum Gasteiger partial charge on any atom is 0.340 e. The van der Waals surface area contributed by atoms with E-state index in [4.69, 9.17) is 9.47 Å². The molecule has 7 nitrogen and oxygen atoms in total. The van der Waals surface area contributed by atoms with E-state index in [0.29, 0.717) is 22.8 Å². The fourth-order valence-corrected chi connectivity index (χ4v) is 3.43. The third-order valence-electron chi connectivity index (χ3n) is 4.92. The summed E-state index contributed by atoms with van der Waals surface area (Å²) < 4.78 is 12.8. The Labute approximate surface area is 157 Å². The summed E-state index contributed by atoms with van der Waals surface area (Å²) in [7, 11) is 3.49. The van der Waals surface area contributed by atoms with Gasteiger partial charge in [-0.2, -0.15) is 0 Å². The first kappa shape index (κ1) is 17.5. The van der Waals surface area contributed by atoms with Crippen LogP contribution in [0, 0.1) is 0 Å². The van der Waals surface area contributed by atoms with Crippen molar-refractivity contribution in [3.63, 3.8) is 0 Å². The quantitative estimate of drug-likeness (QED) is 0.661. The minimum Gasteiger partial charge on any atom is -0.473 e. The summed E-state index contributed by atoms with van der Waals surface area (Å²) in [6.07, 6.45) is 4.02. The molecule has 0 radical (unpaired) electrons. The molecule has 0 saturated carbocycles. The monoisotopic (exact) mass is 366 g/mol. The van der Waals surface area contributed by atoms with Crippen molar-refractivity contribution in [2.24, 2.45) is 0 Å². The molecule has 4 rings (SSSR count). The molecule has 0 aromatic carbocycles. The van der Waals surface area contributed by atoms with Gasteiger partial charge in [0.2, 0.25) is 5.88 Å². The van der Waals surface area contributed by atoms with Crippen LogP contribution in [0.2, 0.25) is 0 Å². The molecule has 27 heavy (non-hydrogen) atoms. The van der Waals surface area contributed by atoms with Crippen LogP contribution in [0.15, 0.2) is 42.6 Å². The maximum absolute atomic E-state index is 12.2. The Morgan fingerprint density at radius 1 is 1.15 bits per heavy atom. The maximum atomic E-state index is 12.2. The summed E-state index contributed by atoms with van der Waals surface area (Å²) >= 11 is 0. The third kappa shape index (κ3) is 3.50. The van der Waals surface area contributed by atoms with E-state index in [9.17, 15) is 4.79 Å². The first-order chi connectivity index (χ1) is 13.2. The second kappa shape index (κ2) is 7.36. The van der Waals surface area contributed by atoms with Gasteiger partial charge in [-0.3, -0.25) is 0 Å². The zero-order valence-corrected chi connectivity index (χ0v) is 15.5. The summed E-state index contributed by atoms with van der Waals surface area (Å²) in [5, 5.41) is 8.54. The van der Waals surface area contributed by atoms with Crippen molar-refractivity contribution in [3.05, 3.63) is 48.2 Å². The standard InChI is InChI=1S/C20H22N4O3/c1-23-11-8-15(9-12-23)27-18-7-6-17(21-22-18)19-16(20(25)26-2)13-14-5-3-4-10-24(14)19/h3-7,10,13,15H,8-9,11-12H2,1-2H3. The highest BCUT2D eigenvalue weighted by molar-refractivity contribution is 5.98. The molecule has 1 saturated heterocycles. The lowest BCUT2D eigenvalue weighted by molar-refractivity contribution is 0.0602. The highest BCUT2D eigenvalue weighted by atomic mass is 16.5. The smallest absolute Gasteiger partial charge is 0.340 e. The van der Waals surface area contributed by atoms with E-state index in [2.05, 4.69) is 22.1 Å². The van der Waals surface area contributed by atoms with Gasteiger partial charge in [-0.15, -0.1) is 10.2 Å². The molecule has 3 aromatic heterocycles. The first-order valence-electron chi connectivity index (χ1n) is 9.03. The summed E-state index contributed by atoms with van der Waals surface area (Å²) in [6.45, 7) is 2.05. The van der Waals surface area contributed by atoms with E-state index in [-0.39, 0.29) is 6.10 Å². The molecule has 1 aliphatic rings. The van der Waals surface area contributed by atoms with Crippen LogP contribution < -0.4 is 4.74 Å². The van der Waals surface area contributed by atoms with Gasteiger partial charge in [-0.05, 0) is 44.2 Å². The number of nitrogens with zero attached hydrogens (tertiary/aromatic N) is 4. The van der Waals surface area contributed by atoms with Crippen molar-refractivity contribution < 1.29 is 14.3 Å². The molecule has 7 heteroatoms. The Kier molecular flexibility index (Phi) is 4.77. The van der Waals surface area contributed by atoms with Crippen molar-refractivity contribution in [1.82, 2.24) is 19.5 Å². The highest BCUT2D eigenvalue weighted by Gasteiger charge is 2.21. The van der Waals surface area contributed by atoms with E-state index in [1.54, 1.807) is 6.07 Å². The normalized spacial score (nSPS) is 15.8. The number of hydrogen-bond donors (Lipinski definition) is 0. The van der Waals surface area contributed by atoms with Crippen molar-refractivity contribution in [2.45, 2.75) is 18.9 Å². The van der Waals surface area contributed by atoms with Crippen LogP contribution in [0.25, 0.3) is 16.9 Å². The van der Waals surface area contributed by atoms with E-state index >= 15 is 0 Å². The number of rotatable bonds is 4. The second-order valence-corrected chi connectivity index (χ2v) is 6.77. The van der Waals surface area contributed by atoms with E-state index in [0.717, 1.165) is 31.4 Å². The average Bonchev–Trinajstić information content (AvgIpc) is 3.09. The van der Waals surface area contributed by atoms with Gasteiger partial charge in [0, 0.05) is 30.9 Å². The number of fused-ring (bicyclic) bond motifs is 1. The van der Waals surface area contributed by atoms with Crippen LogP contribution >= 0.6 is 0 Å². The molecule has 0 aliphatic carbocycles. The molecule has 1 fully saturated rings. The molecule has 3 aromatic rings. The first-order valence-corrected chi connectivity index (χ1v) is 9.03. The van der Waals surface area contributed by atoms with Gasteiger partial charge in [-0.1, -0.05) is 6.07 Å². The Morgan fingerprint density at radius 2 is 1.96 bits per heavy atom. The largest absolute Gasteiger partial charge is 0.473 e. The van der Waals surface area contributed by atoms with Gasteiger partial charge in [0.15, 0.2) is 0 Å². The third-order valence-corrected chi connectivity index (χ3v) is 4.92. The van der Waals surface area contributed by atoms with Gasteiger partial charge in [-0.25, -0.2) is 4.79 Å². The summed E-state index contributed by atoms with van der Waals surface area (Å²) in [6, 6.07) is 11.2. The average molecular weight is 366 g/mol. The minimum absolute atomic E-state index is 0.168. The Balaban J connectivity index is 1.63. The number of hydrogen-bond acceptors (Lipinski definition) is 6. The van der Waals surface area contributed by atoms with Crippen molar-refractivity contribution in [3.8, 4) is 17.3 Å². The van der Waals surface area contributed by atoms with Crippen molar-refractivity contribution in [1.29, 1.82) is 0 Å². The number of likely N-dealkylation sites (tertiary alicyclic amines) is 1. The van der Waals surface area contributed by atoms with E-state index in [1.165, 1.54) is 7.11 Å². The van der Waals surface area contributed by atoms with Crippen LogP contribution in [-0.2, 0) is 4.74 Å². The van der Waals surface area contributed by atoms with Gasteiger partial charge in [0.05, 0.1) is 18.4 Å². The van der Waals surface area contributed by atoms with Gasteiger partial charge < -0.3 is 18.8 Å². The van der Waals surface area contributed by atoms with Crippen LogP contribution in [0.4, 0.5) is 0 Å². The summed E-state index contributed by atoms with van der Waals surface area (Å²) in [4.78, 5) is 14.5. The number of esters is 1. The molecule has 1 aliphatic heterocycles. The van der Waals surface area contributed by atoms with Gasteiger partial charge in [0.1, 0.15) is 11.8 Å². The highest BCUT2D eigenvalue weighted by Crippen LogP contribution is 2.27. The molecular weight excluding hydrogens is 344 g/mol. The predicted octanol–water partition coefficient (Wildman–Crippen LogP) is 2.66. The molecule has 0 amide bonds. The molecule has 140 valence electrons. The van der Waals surface area contributed by atoms with Crippen LogP contribution in [0.5, 0.6) is 5.88 Å². The number of ether oxygens (including phenoxy) is 2. The molecule has 0 spiro atoms. The lowest BCUT2D eigenvalue weighted by atomic mass is 10.1. The number of pyridine rings is 1. The van der Waals surface area contributed by atoms with E-state index in [1.807, 2.05) is 40.9 Å². The zero-order valence-electron chi connectivity index (χ0n) is 15.5. The fraction of sp³-hybridized carbons (Fsp3) is 0.350. The molecule has 0 bridgehead atoms. The second-order valence-electron chi connectivity index (χ2n) is 6.77. The lowest BCUT2D eigenvalue weighted by Crippen LogP contribution is -2.35. The SMILES string of the molecule is COC(=O)c1cc2ccccn2c1-c1ccc(OC2CCN(C)CC2)nn1. The number of aromatic nitrogens is 3. The number of methoxy groups -OCH3 is 1.